The molecule has 0 aliphatic carbocycles. The number of carboxylic acid groups (broad SMARTS) is 1. The van der Waals surface area contributed by atoms with Crippen LogP contribution < -0.4 is 4.74 Å². The minimum atomic E-state index is -1.16. The average Bonchev–Trinajstić information content (AvgIpc) is 2.25. The van der Waals surface area contributed by atoms with Crippen LogP contribution >= 0.6 is 15.9 Å². The molecule has 0 amide bonds. The highest BCUT2D eigenvalue weighted by Gasteiger charge is 2.10. The molecule has 84 valence electrons. The van der Waals surface area contributed by atoms with E-state index in [4.69, 9.17) is 9.84 Å². The fourth-order valence-corrected chi connectivity index (χ4v) is 1.47. The number of carboxylic acids is 1. The van der Waals surface area contributed by atoms with Crippen LogP contribution in [0.1, 0.15) is 10.4 Å². The van der Waals surface area contributed by atoms with Crippen molar-refractivity contribution in [3.05, 3.63) is 40.4 Å². The first kappa shape index (κ1) is 12.4. The predicted molar refractivity (Wildman–Crippen MR) is 61.8 cm³/mol. The first-order chi connectivity index (χ1) is 7.54. The lowest BCUT2D eigenvalue weighted by Gasteiger charge is -2.05. The molecule has 0 heterocycles. The highest BCUT2D eigenvalue weighted by molar-refractivity contribution is 9.10. The zero-order chi connectivity index (χ0) is 12.1. The van der Waals surface area contributed by atoms with Crippen molar-refractivity contribution >= 4 is 27.7 Å². The smallest absolute Gasteiger partial charge is 0.328 e. The molecule has 0 fully saturated rings. The van der Waals surface area contributed by atoms with Gasteiger partial charge >= 0.3 is 5.97 Å². The molecular formula is C11H9BrO4. The van der Waals surface area contributed by atoms with Crippen molar-refractivity contribution in [2.24, 2.45) is 0 Å². The van der Waals surface area contributed by atoms with Crippen molar-refractivity contribution in [1.29, 1.82) is 0 Å². The zero-order valence-corrected chi connectivity index (χ0v) is 10.0. The van der Waals surface area contributed by atoms with Crippen LogP contribution in [0, 0.1) is 0 Å². The molecule has 0 bridgehead atoms. The number of methoxy groups -OCH3 is 1. The lowest BCUT2D eigenvalue weighted by Crippen LogP contribution is -2.00. The van der Waals surface area contributed by atoms with Gasteiger partial charge < -0.3 is 9.84 Å². The molecular weight excluding hydrogens is 276 g/mol. The molecule has 0 aromatic heterocycles. The van der Waals surface area contributed by atoms with E-state index < -0.39 is 11.8 Å². The Morgan fingerprint density at radius 2 is 2.06 bits per heavy atom. The lowest BCUT2D eigenvalue weighted by molar-refractivity contribution is -0.131. The van der Waals surface area contributed by atoms with E-state index in [1.165, 1.54) is 7.11 Å². The maximum absolute atomic E-state index is 11.6. The van der Waals surface area contributed by atoms with Gasteiger partial charge in [-0.3, -0.25) is 4.79 Å². The van der Waals surface area contributed by atoms with Crippen LogP contribution in [0.3, 0.4) is 0 Å². The van der Waals surface area contributed by atoms with Crippen molar-refractivity contribution in [2.75, 3.05) is 7.11 Å². The minimum Gasteiger partial charge on any atom is -0.496 e. The van der Waals surface area contributed by atoms with Crippen molar-refractivity contribution in [3.8, 4) is 5.75 Å². The van der Waals surface area contributed by atoms with Gasteiger partial charge in [0.25, 0.3) is 0 Å². The Balaban J connectivity index is 3.06. The summed E-state index contributed by atoms with van der Waals surface area (Å²) in [7, 11) is 1.45. The number of aliphatic carboxylic acids is 1. The van der Waals surface area contributed by atoms with Crippen LogP contribution in [0.25, 0.3) is 0 Å². The highest BCUT2D eigenvalue weighted by Crippen LogP contribution is 2.23. The van der Waals surface area contributed by atoms with E-state index in [9.17, 15) is 9.59 Å². The summed E-state index contributed by atoms with van der Waals surface area (Å²) in [6.45, 7) is 0. The molecule has 0 aliphatic heterocycles. The van der Waals surface area contributed by atoms with E-state index in [2.05, 4.69) is 15.9 Å². The molecule has 0 radical (unpaired) electrons. The SMILES string of the molecule is COc1ccc(Br)cc1C(=O)C=CC(=O)O. The Morgan fingerprint density at radius 3 is 2.62 bits per heavy atom. The molecule has 16 heavy (non-hydrogen) atoms. The summed E-state index contributed by atoms with van der Waals surface area (Å²) in [4.78, 5) is 21.9. The number of halogens is 1. The van der Waals surface area contributed by atoms with Crippen molar-refractivity contribution < 1.29 is 19.4 Å². The number of ether oxygens (including phenoxy) is 1. The molecule has 0 saturated heterocycles. The topological polar surface area (TPSA) is 63.6 Å². The Kier molecular flexibility index (Phi) is 4.25. The maximum Gasteiger partial charge on any atom is 0.328 e. The fourth-order valence-electron chi connectivity index (χ4n) is 1.11. The van der Waals surface area contributed by atoms with Gasteiger partial charge in [0.15, 0.2) is 5.78 Å². The monoisotopic (exact) mass is 284 g/mol. The summed E-state index contributed by atoms with van der Waals surface area (Å²) >= 11 is 3.23. The molecule has 5 heteroatoms. The van der Waals surface area contributed by atoms with Crippen molar-refractivity contribution in [2.45, 2.75) is 0 Å². The molecule has 1 aromatic carbocycles. The maximum atomic E-state index is 11.6. The van der Waals surface area contributed by atoms with Crippen LogP contribution in [0.2, 0.25) is 0 Å². The molecule has 0 unspecified atom stereocenters. The quantitative estimate of drug-likeness (QED) is 0.681. The fraction of sp³-hybridized carbons (Fsp3) is 0.0909. The Bertz CT molecular complexity index is 451. The summed E-state index contributed by atoms with van der Waals surface area (Å²) in [5, 5.41) is 8.41. The van der Waals surface area contributed by atoms with Gasteiger partial charge in [-0.2, -0.15) is 0 Å². The average molecular weight is 285 g/mol. The van der Waals surface area contributed by atoms with E-state index in [-0.39, 0.29) is 0 Å². The summed E-state index contributed by atoms with van der Waals surface area (Å²) in [5.41, 5.74) is 0.314. The van der Waals surface area contributed by atoms with Gasteiger partial charge in [-0.25, -0.2) is 4.79 Å². The molecule has 4 nitrogen and oxygen atoms in total. The van der Waals surface area contributed by atoms with Gasteiger partial charge in [0.1, 0.15) is 5.75 Å². The zero-order valence-electron chi connectivity index (χ0n) is 8.44. The van der Waals surface area contributed by atoms with Crippen LogP contribution in [0.4, 0.5) is 0 Å². The summed E-state index contributed by atoms with van der Waals surface area (Å²) in [6.07, 6.45) is 1.79. The normalized spacial score (nSPS) is 10.4. The third-order valence-corrected chi connectivity index (χ3v) is 2.30. The number of ketones is 1. The molecule has 1 aromatic rings. The van der Waals surface area contributed by atoms with Gasteiger partial charge in [-0.1, -0.05) is 15.9 Å². The minimum absolute atomic E-state index is 0.314. The number of carbonyl (C=O) groups excluding carboxylic acids is 1. The predicted octanol–water partition coefficient (Wildman–Crippen LogP) is 2.28. The van der Waals surface area contributed by atoms with Gasteiger partial charge in [-0.15, -0.1) is 0 Å². The van der Waals surface area contributed by atoms with Crippen LogP contribution in [-0.4, -0.2) is 24.0 Å². The Hall–Kier alpha value is -1.62. The van der Waals surface area contributed by atoms with E-state index in [1.807, 2.05) is 0 Å². The Labute approximate surface area is 101 Å². The van der Waals surface area contributed by atoms with E-state index in [1.54, 1.807) is 18.2 Å². The van der Waals surface area contributed by atoms with Crippen LogP contribution in [-0.2, 0) is 4.79 Å². The molecule has 0 saturated carbocycles. The van der Waals surface area contributed by atoms with Gasteiger partial charge in [0.05, 0.1) is 12.7 Å². The third kappa shape index (κ3) is 3.20. The first-order valence-electron chi connectivity index (χ1n) is 4.33. The van der Waals surface area contributed by atoms with Crippen molar-refractivity contribution in [3.63, 3.8) is 0 Å². The summed E-state index contributed by atoms with van der Waals surface area (Å²) in [6, 6.07) is 4.94. The highest BCUT2D eigenvalue weighted by atomic mass is 79.9. The molecule has 0 atom stereocenters. The van der Waals surface area contributed by atoms with Crippen LogP contribution in [0.15, 0.2) is 34.8 Å². The van der Waals surface area contributed by atoms with Gasteiger partial charge in [-0.05, 0) is 24.3 Å². The largest absolute Gasteiger partial charge is 0.496 e. The second kappa shape index (κ2) is 5.46. The summed E-state index contributed by atoms with van der Waals surface area (Å²) in [5.74, 6) is -1.17. The molecule has 0 aliphatic rings. The first-order valence-corrected chi connectivity index (χ1v) is 5.12. The molecule has 0 spiro atoms. The number of rotatable bonds is 4. The van der Waals surface area contributed by atoms with E-state index in [0.717, 1.165) is 16.6 Å². The van der Waals surface area contributed by atoms with Crippen LogP contribution in [0.5, 0.6) is 5.75 Å². The number of hydrogen-bond acceptors (Lipinski definition) is 3. The van der Waals surface area contributed by atoms with Crippen molar-refractivity contribution in [1.82, 2.24) is 0 Å². The number of benzene rings is 1. The number of allylic oxidation sites excluding steroid dienone is 1. The lowest BCUT2D eigenvalue weighted by atomic mass is 10.1. The van der Waals surface area contributed by atoms with Gasteiger partial charge in [0.2, 0.25) is 0 Å². The Morgan fingerprint density at radius 1 is 1.38 bits per heavy atom. The third-order valence-electron chi connectivity index (χ3n) is 1.80. The molecule has 1 N–H and O–H groups in total. The second-order valence-corrected chi connectivity index (χ2v) is 3.80. The number of carbonyl (C=O) groups is 2. The second-order valence-electron chi connectivity index (χ2n) is 2.88. The molecule has 1 rings (SSSR count). The summed E-state index contributed by atoms with van der Waals surface area (Å²) < 4.78 is 5.73. The number of hydrogen-bond donors (Lipinski definition) is 1. The van der Waals surface area contributed by atoms with E-state index in [0.29, 0.717) is 11.3 Å². The standard InChI is InChI=1S/C11H9BrO4/c1-16-10-4-2-7(12)6-8(10)9(13)3-5-11(14)15/h2-6H,1H3,(H,14,15). The van der Waals surface area contributed by atoms with E-state index >= 15 is 0 Å². The van der Waals surface area contributed by atoms with Gasteiger partial charge in [0, 0.05) is 10.5 Å².